The van der Waals surface area contributed by atoms with Crippen molar-refractivity contribution in [3.63, 3.8) is 0 Å². The van der Waals surface area contributed by atoms with E-state index in [4.69, 9.17) is 23.7 Å². The van der Waals surface area contributed by atoms with Crippen LogP contribution in [0.3, 0.4) is 0 Å². The molecule has 0 N–H and O–H groups in total. The second-order valence-electron chi connectivity index (χ2n) is 7.56. The summed E-state index contributed by atoms with van der Waals surface area (Å²) in [5.74, 6) is -1.29. The van der Waals surface area contributed by atoms with Crippen molar-refractivity contribution in [1.29, 1.82) is 0 Å². The van der Waals surface area contributed by atoms with Crippen molar-refractivity contribution in [1.82, 2.24) is 0 Å². The van der Waals surface area contributed by atoms with Gasteiger partial charge in [0.05, 0.1) is 19.8 Å². The first-order valence-electron chi connectivity index (χ1n) is 10.3. The van der Waals surface area contributed by atoms with E-state index in [1.54, 1.807) is 0 Å². The molecule has 0 saturated carbocycles. The Morgan fingerprint density at radius 1 is 0.906 bits per heavy atom. The number of halogens is 1. The number of benzene rings is 2. The number of rotatable bonds is 10. The van der Waals surface area contributed by atoms with Crippen molar-refractivity contribution >= 4 is 11.9 Å². The number of alkyl halides is 1. The highest BCUT2D eigenvalue weighted by Crippen LogP contribution is 2.38. The molecule has 172 valence electrons. The summed E-state index contributed by atoms with van der Waals surface area (Å²) in [5, 5.41) is 0. The second kappa shape index (κ2) is 11.2. The van der Waals surface area contributed by atoms with Crippen LogP contribution >= 0.6 is 0 Å². The zero-order valence-electron chi connectivity index (χ0n) is 18.1. The van der Waals surface area contributed by atoms with Gasteiger partial charge in [-0.25, -0.2) is 4.39 Å². The van der Waals surface area contributed by atoms with Gasteiger partial charge < -0.3 is 23.7 Å². The Morgan fingerprint density at radius 2 is 1.47 bits per heavy atom. The van der Waals surface area contributed by atoms with Crippen LogP contribution < -0.4 is 0 Å². The first kappa shape index (κ1) is 23.8. The minimum atomic E-state index is -1.64. The Bertz CT molecular complexity index is 876. The van der Waals surface area contributed by atoms with Gasteiger partial charge in [0.15, 0.2) is 11.7 Å². The lowest BCUT2D eigenvalue weighted by Crippen LogP contribution is -2.51. The minimum Gasteiger partial charge on any atom is -0.453 e. The van der Waals surface area contributed by atoms with E-state index in [1.165, 1.54) is 13.8 Å². The van der Waals surface area contributed by atoms with Crippen molar-refractivity contribution in [3.05, 3.63) is 71.8 Å². The molecule has 1 aliphatic rings. The summed E-state index contributed by atoms with van der Waals surface area (Å²) >= 11 is 0. The quantitative estimate of drug-likeness (QED) is 0.518. The molecule has 1 unspecified atom stereocenters. The van der Waals surface area contributed by atoms with Gasteiger partial charge in [-0.15, -0.1) is 0 Å². The summed E-state index contributed by atoms with van der Waals surface area (Å²) < 4.78 is 42.6. The van der Waals surface area contributed by atoms with Gasteiger partial charge in [0, 0.05) is 13.8 Å². The van der Waals surface area contributed by atoms with Crippen LogP contribution in [0, 0.1) is 0 Å². The van der Waals surface area contributed by atoms with Gasteiger partial charge in [-0.05, 0) is 11.1 Å². The number of esters is 2. The fourth-order valence-corrected chi connectivity index (χ4v) is 3.56. The third kappa shape index (κ3) is 6.12. The SMILES string of the molecule is CC(=O)OC1O[C@](CF)(COCc2ccccc2)[C@@H](OCc2ccccc2)[C@H]1OC(C)=O. The number of hydrogen-bond donors (Lipinski definition) is 0. The lowest BCUT2D eigenvalue weighted by Gasteiger charge is -2.32. The van der Waals surface area contributed by atoms with Gasteiger partial charge in [-0.1, -0.05) is 60.7 Å². The maximum Gasteiger partial charge on any atom is 0.305 e. The number of carbonyl (C=O) groups is 2. The second-order valence-corrected chi connectivity index (χ2v) is 7.56. The molecule has 4 atom stereocenters. The van der Waals surface area contributed by atoms with Gasteiger partial charge in [-0.2, -0.15) is 0 Å². The minimum absolute atomic E-state index is 0.111. The zero-order chi connectivity index (χ0) is 23.0. The van der Waals surface area contributed by atoms with E-state index >= 15 is 0 Å². The van der Waals surface area contributed by atoms with Gasteiger partial charge in [0.2, 0.25) is 6.29 Å². The predicted octanol–water partition coefficient (Wildman–Crippen LogP) is 3.35. The molecule has 0 aromatic heterocycles. The fraction of sp³-hybridized carbons (Fsp3) is 0.417. The van der Waals surface area contributed by atoms with E-state index in [1.807, 2.05) is 60.7 Å². The van der Waals surface area contributed by atoms with Gasteiger partial charge in [-0.3, -0.25) is 9.59 Å². The highest BCUT2D eigenvalue weighted by molar-refractivity contribution is 5.67. The van der Waals surface area contributed by atoms with Crippen LogP contribution in [0.5, 0.6) is 0 Å². The summed E-state index contributed by atoms with van der Waals surface area (Å²) in [6, 6.07) is 18.6. The van der Waals surface area contributed by atoms with Crippen LogP contribution in [-0.4, -0.2) is 49.3 Å². The van der Waals surface area contributed by atoms with E-state index in [9.17, 15) is 14.0 Å². The van der Waals surface area contributed by atoms with Gasteiger partial charge >= 0.3 is 11.9 Å². The average Bonchev–Trinajstić information content (AvgIpc) is 3.05. The molecule has 1 saturated heterocycles. The van der Waals surface area contributed by atoms with Crippen molar-refractivity contribution in [2.24, 2.45) is 0 Å². The normalized spacial score (nSPS) is 24.8. The van der Waals surface area contributed by atoms with E-state index in [0.29, 0.717) is 0 Å². The standard InChI is InChI=1S/C24H27FO7/c1-17(26)30-21-22(29-14-20-11-7-4-8-12-20)24(15-25,32-23(21)31-18(2)27)16-28-13-19-9-5-3-6-10-19/h3-12,21-23H,13-16H2,1-2H3/t21-,22+,23?,24-/m1/s1. The molecule has 1 heterocycles. The molecule has 7 nitrogen and oxygen atoms in total. The maximum atomic E-state index is 14.5. The number of hydrogen-bond acceptors (Lipinski definition) is 7. The molecular formula is C24H27FO7. The number of ether oxygens (including phenoxy) is 5. The van der Waals surface area contributed by atoms with E-state index in [-0.39, 0.29) is 19.8 Å². The van der Waals surface area contributed by atoms with Crippen LogP contribution in [0.1, 0.15) is 25.0 Å². The number of carbonyl (C=O) groups excluding carboxylic acids is 2. The third-order valence-corrected chi connectivity index (χ3v) is 4.98. The summed E-state index contributed by atoms with van der Waals surface area (Å²) in [6.45, 7) is 1.52. The molecule has 1 fully saturated rings. The van der Waals surface area contributed by atoms with Crippen LogP contribution in [0.4, 0.5) is 4.39 Å². The molecule has 0 bridgehead atoms. The van der Waals surface area contributed by atoms with Crippen molar-refractivity contribution < 1.29 is 37.7 Å². The molecule has 0 aliphatic carbocycles. The highest BCUT2D eigenvalue weighted by atomic mass is 19.1. The summed E-state index contributed by atoms with van der Waals surface area (Å²) in [6.07, 6.45) is -3.55. The molecule has 0 amide bonds. The van der Waals surface area contributed by atoms with Crippen molar-refractivity contribution in [2.45, 2.75) is 51.2 Å². The lowest BCUT2D eigenvalue weighted by molar-refractivity contribution is -0.214. The summed E-state index contributed by atoms with van der Waals surface area (Å²) in [7, 11) is 0. The first-order valence-corrected chi connectivity index (χ1v) is 10.3. The summed E-state index contributed by atoms with van der Waals surface area (Å²) in [5.41, 5.74) is 0.0985. The van der Waals surface area contributed by atoms with E-state index in [0.717, 1.165) is 11.1 Å². The first-order chi connectivity index (χ1) is 15.4. The van der Waals surface area contributed by atoms with Crippen LogP contribution in [0.15, 0.2) is 60.7 Å². The Kier molecular flexibility index (Phi) is 8.33. The molecule has 3 rings (SSSR count). The lowest BCUT2D eigenvalue weighted by atomic mass is 9.97. The van der Waals surface area contributed by atoms with Crippen molar-refractivity contribution in [2.75, 3.05) is 13.3 Å². The van der Waals surface area contributed by atoms with Gasteiger partial charge in [0.25, 0.3) is 0 Å². The molecule has 1 aliphatic heterocycles. The Hall–Kier alpha value is -2.81. The Balaban J connectivity index is 1.82. The van der Waals surface area contributed by atoms with Crippen molar-refractivity contribution in [3.8, 4) is 0 Å². The smallest absolute Gasteiger partial charge is 0.305 e. The zero-order valence-corrected chi connectivity index (χ0v) is 18.1. The Labute approximate surface area is 186 Å². The third-order valence-electron chi connectivity index (χ3n) is 4.98. The summed E-state index contributed by atoms with van der Waals surface area (Å²) in [4.78, 5) is 23.4. The topological polar surface area (TPSA) is 80.3 Å². The van der Waals surface area contributed by atoms with Crippen LogP contribution in [0.25, 0.3) is 0 Å². The molecule has 32 heavy (non-hydrogen) atoms. The molecule has 0 radical (unpaired) electrons. The Morgan fingerprint density at radius 3 is 2.00 bits per heavy atom. The van der Waals surface area contributed by atoms with Crippen LogP contribution in [0.2, 0.25) is 0 Å². The molecule has 8 heteroatoms. The monoisotopic (exact) mass is 446 g/mol. The predicted molar refractivity (Wildman–Crippen MR) is 112 cm³/mol. The van der Waals surface area contributed by atoms with E-state index in [2.05, 4.69) is 0 Å². The maximum absolute atomic E-state index is 14.5. The fourth-order valence-electron chi connectivity index (χ4n) is 3.56. The molecule has 2 aromatic rings. The molecule has 2 aromatic carbocycles. The molecule has 0 spiro atoms. The van der Waals surface area contributed by atoms with Gasteiger partial charge in [0.1, 0.15) is 12.8 Å². The van der Waals surface area contributed by atoms with E-state index < -0.39 is 42.7 Å². The average molecular weight is 446 g/mol. The largest absolute Gasteiger partial charge is 0.453 e. The molecular weight excluding hydrogens is 419 g/mol. The highest BCUT2D eigenvalue weighted by Gasteiger charge is 2.60. The van der Waals surface area contributed by atoms with Crippen LogP contribution in [-0.2, 0) is 46.5 Å².